The lowest BCUT2D eigenvalue weighted by molar-refractivity contribution is 0.111. The van der Waals surface area contributed by atoms with E-state index in [4.69, 9.17) is 4.42 Å². The van der Waals surface area contributed by atoms with Crippen LogP contribution in [0.15, 0.2) is 47.1 Å². The Morgan fingerprint density at radius 1 is 1.10 bits per heavy atom. The molecule has 0 N–H and O–H groups in total. The van der Waals surface area contributed by atoms with Gasteiger partial charge in [-0.05, 0) is 44.0 Å². The molecule has 0 saturated carbocycles. The second-order valence-corrected chi connectivity index (χ2v) is 7.71. The SMILES string of the molecule is C[C@@H]1CC[C@@H](c2nc3cc(F)ccc3o2)CN1c1ccc(-n2nccn2)c(C=O)c1F. The van der Waals surface area contributed by atoms with E-state index < -0.39 is 5.82 Å². The molecule has 2 atom stereocenters. The lowest BCUT2D eigenvalue weighted by Gasteiger charge is -2.39. The molecule has 1 fully saturated rings. The predicted molar refractivity (Wildman–Crippen MR) is 109 cm³/mol. The number of benzene rings is 2. The van der Waals surface area contributed by atoms with E-state index in [1.165, 1.54) is 29.3 Å². The number of rotatable bonds is 4. The second-order valence-electron chi connectivity index (χ2n) is 7.71. The summed E-state index contributed by atoms with van der Waals surface area (Å²) >= 11 is 0. The summed E-state index contributed by atoms with van der Waals surface area (Å²) in [6.45, 7) is 2.48. The van der Waals surface area contributed by atoms with Gasteiger partial charge in [0.05, 0.1) is 35.2 Å². The molecule has 1 aliphatic rings. The fourth-order valence-electron chi connectivity index (χ4n) is 4.16. The van der Waals surface area contributed by atoms with Crippen LogP contribution in [0.2, 0.25) is 0 Å². The van der Waals surface area contributed by atoms with E-state index in [9.17, 15) is 9.18 Å². The third-order valence-electron chi connectivity index (χ3n) is 5.80. The molecule has 158 valence electrons. The molecule has 5 rings (SSSR count). The van der Waals surface area contributed by atoms with Crippen molar-refractivity contribution in [2.45, 2.75) is 31.7 Å². The Hall–Kier alpha value is -3.62. The van der Waals surface area contributed by atoms with Crippen LogP contribution in [0.3, 0.4) is 0 Å². The summed E-state index contributed by atoms with van der Waals surface area (Å²) in [5.74, 6) is -0.567. The Morgan fingerprint density at radius 2 is 1.87 bits per heavy atom. The molecule has 2 aromatic carbocycles. The maximum atomic E-state index is 15.4. The van der Waals surface area contributed by atoms with Gasteiger partial charge in [0.25, 0.3) is 0 Å². The molecule has 2 aromatic heterocycles. The van der Waals surface area contributed by atoms with Crippen molar-refractivity contribution in [3.05, 3.63) is 65.8 Å². The lowest BCUT2D eigenvalue weighted by Crippen LogP contribution is -2.41. The summed E-state index contributed by atoms with van der Waals surface area (Å²) in [6, 6.07) is 7.56. The zero-order valence-electron chi connectivity index (χ0n) is 16.7. The number of carbonyl (C=O) groups is 1. The lowest BCUT2D eigenvalue weighted by atomic mass is 9.92. The van der Waals surface area contributed by atoms with Crippen LogP contribution in [0.25, 0.3) is 16.8 Å². The van der Waals surface area contributed by atoms with Gasteiger partial charge in [-0.25, -0.2) is 13.8 Å². The standard InChI is InChI=1S/C22H19F2N5O2/c1-13-2-3-14(22-27-17-10-15(23)4-7-20(17)31-22)11-28(13)19-6-5-18(16(12-30)21(19)24)29-25-8-9-26-29/h4-10,12-14H,2-3,11H2,1H3/t13-,14-/m1/s1. The fraction of sp³-hybridized carbons (Fsp3) is 0.273. The number of hydrogen-bond acceptors (Lipinski definition) is 6. The van der Waals surface area contributed by atoms with Crippen molar-refractivity contribution in [3.63, 3.8) is 0 Å². The number of anilines is 1. The Morgan fingerprint density at radius 3 is 2.65 bits per heavy atom. The van der Waals surface area contributed by atoms with Gasteiger partial charge in [0.2, 0.25) is 0 Å². The minimum absolute atomic E-state index is 0.0563. The first-order valence-corrected chi connectivity index (χ1v) is 10.0. The molecule has 3 heterocycles. The van der Waals surface area contributed by atoms with Crippen LogP contribution in [0, 0.1) is 11.6 Å². The molecular weight excluding hydrogens is 404 g/mol. The first-order valence-electron chi connectivity index (χ1n) is 10.0. The Labute approximate surface area is 176 Å². The fourth-order valence-corrected chi connectivity index (χ4v) is 4.16. The van der Waals surface area contributed by atoms with Gasteiger partial charge in [-0.1, -0.05) is 0 Å². The molecule has 0 amide bonds. The highest BCUT2D eigenvalue weighted by Crippen LogP contribution is 2.36. The summed E-state index contributed by atoms with van der Waals surface area (Å²) in [5.41, 5.74) is 1.50. The quantitative estimate of drug-likeness (QED) is 0.456. The molecule has 0 bridgehead atoms. The summed E-state index contributed by atoms with van der Waals surface area (Å²) in [4.78, 5) is 19.3. The zero-order valence-corrected chi connectivity index (χ0v) is 16.7. The Kier molecular flexibility index (Phi) is 4.72. The molecule has 9 heteroatoms. The third kappa shape index (κ3) is 3.35. The van der Waals surface area contributed by atoms with Gasteiger partial charge in [-0.3, -0.25) is 4.79 Å². The second kappa shape index (κ2) is 7.57. The Bertz CT molecular complexity index is 1250. The molecule has 1 aliphatic heterocycles. The van der Waals surface area contributed by atoms with Crippen molar-refractivity contribution >= 4 is 23.1 Å². The highest BCUT2D eigenvalue weighted by atomic mass is 19.1. The van der Waals surface area contributed by atoms with Gasteiger partial charge < -0.3 is 9.32 Å². The number of carbonyl (C=O) groups excluding carboxylic acids is 1. The average molecular weight is 423 g/mol. The van der Waals surface area contributed by atoms with E-state index in [-0.39, 0.29) is 29.0 Å². The van der Waals surface area contributed by atoms with Crippen LogP contribution >= 0.6 is 0 Å². The molecular formula is C22H19F2N5O2. The summed E-state index contributed by atoms with van der Waals surface area (Å²) in [5, 5.41) is 7.98. The first-order chi connectivity index (χ1) is 15.0. The molecule has 0 spiro atoms. The summed E-state index contributed by atoms with van der Waals surface area (Å²) in [7, 11) is 0. The number of nitrogens with zero attached hydrogens (tertiary/aromatic N) is 5. The Balaban J connectivity index is 1.49. The number of fused-ring (bicyclic) bond motifs is 1. The van der Waals surface area contributed by atoms with Crippen molar-refractivity contribution in [1.82, 2.24) is 20.0 Å². The minimum atomic E-state index is -0.614. The highest BCUT2D eigenvalue weighted by Gasteiger charge is 2.32. The van der Waals surface area contributed by atoms with Crippen LogP contribution in [0.5, 0.6) is 0 Å². The van der Waals surface area contributed by atoms with E-state index in [0.29, 0.717) is 35.5 Å². The first kappa shape index (κ1) is 19.3. The summed E-state index contributed by atoms with van der Waals surface area (Å²) < 4.78 is 34.8. The molecule has 31 heavy (non-hydrogen) atoms. The molecule has 7 nitrogen and oxygen atoms in total. The van der Waals surface area contributed by atoms with E-state index in [0.717, 1.165) is 12.8 Å². The van der Waals surface area contributed by atoms with Gasteiger partial charge in [0, 0.05) is 18.7 Å². The van der Waals surface area contributed by atoms with Crippen molar-refractivity contribution in [2.24, 2.45) is 0 Å². The topological polar surface area (TPSA) is 77.1 Å². The minimum Gasteiger partial charge on any atom is -0.440 e. The molecule has 4 aromatic rings. The van der Waals surface area contributed by atoms with Gasteiger partial charge in [0.1, 0.15) is 11.3 Å². The van der Waals surface area contributed by atoms with Crippen LogP contribution in [-0.2, 0) is 0 Å². The number of piperidine rings is 1. The molecule has 0 unspecified atom stereocenters. The van der Waals surface area contributed by atoms with Crippen molar-refractivity contribution < 1.29 is 18.0 Å². The van der Waals surface area contributed by atoms with Gasteiger partial charge in [0.15, 0.2) is 23.6 Å². The van der Waals surface area contributed by atoms with E-state index >= 15 is 4.39 Å². The van der Waals surface area contributed by atoms with Gasteiger partial charge in [-0.15, -0.1) is 0 Å². The van der Waals surface area contributed by atoms with Gasteiger partial charge in [-0.2, -0.15) is 15.0 Å². The van der Waals surface area contributed by atoms with Crippen LogP contribution in [0.1, 0.15) is 41.9 Å². The normalized spacial score (nSPS) is 19.1. The number of halogens is 2. The molecule has 1 saturated heterocycles. The summed E-state index contributed by atoms with van der Waals surface area (Å²) in [6.07, 6.45) is 5.01. The maximum absolute atomic E-state index is 15.4. The average Bonchev–Trinajstić information content (AvgIpc) is 3.44. The predicted octanol–water partition coefficient (Wildman–Crippen LogP) is 4.27. The molecule has 0 radical (unpaired) electrons. The van der Waals surface area contributed by atoms with Crippen LogP contribution in [0.4, 0.5) is 14.5 Å². The largest absolute Gasteiger partial charge is 0.440 e. The van der Waals surface area contributed by atoms with E-state index in [2.05, 4.69) is 15.2 Å². The monoisotopic (exact) mass is 423 g/mol. The van der Waals surface area contributed by atoms with E-state index in [1.54, 1.807) is 18.2 Å². The van der Waals surface area contributed by atoms with Crippen molar-refractivity contribution in [2.75, 3.05) is 11.4 Å². The third-order valence-corrected chi connectivity index (χ3v) is 5.80. The smallest absolute Gasteiger partial charge is 0.200 e. The van der Waals surface area contributed by atoms with Crippen LogP contribution < -0.4 is 4.90 Å². The van der Waals surface area contributed by atoms with Crippen molar-refractivity contribution in [1.29, 1.82) is 0 Å². The van der Waals surface area contributed by atoms with Crippen molar-refractivity contribution in [3.8, 4) is 5.69 Å². The van der Waals surface area contributed by atoms with Gasteiger partial charge >= 0.3 is 0 Å². The highest BCUT2D eigenvalue weighted by molar-refractivity contribution is 5.84. The van der Waals surface area contributed by atoms with E-state index in [1.807, 2.05) is 11.8 Å². The van der Waals surface area contributed by atoms with Crippen LogP contribution in [-0.4, -0.2) is 38.9 Å². The molecule has 0 aliphatic carbocycles. The number of hydrogen-bond donors (Lipinski definition) is 0. The number of aldehydes is 1. The number of oxazole rings is 1. The zero-order chi connectivity index (χ0) is 21.5. The number of aromatic nitrogens is 4. The maximum Gasteiger partial charge on any atom is 0.200 e.